The zero-order chi connectivity index (χ0) is 14.5. The Balaban J connectivity index is 1.61. The third-order valence-corrected chi connectivity index (χ3v) is 4.29. The van der Waals surface area contributed by atoms with E-state index in [9.17, 15) is 0 Å². The van der Waals surface area contributed by atoms with E-state index in [4.69, 9.17) is 4.42 Å². The van der Waals surface area contributed by atoms with Crippen LogP contribution >= 0.6 is 0 Å². The molecule has 5 heteroatoms. The van der Waals surface area contributed by atoms with Crippen LogP contribution in [0.15, 0.2) is 29.0 Å². The minimum atomic E-state index is 0.326. The molecular formula is C16H24N4O. The Labute approximate surface area is 125 Å². The van der Waals surface area contributed by atoms with E-state index in [0.717, 1.165) is 37.6 Å². The number of aromatic amines is 1. The maximum Gasteiger partial charge on any atom is 0.122 e. The van der Waals surface area contributed by atoms with E-state index in [1.54, 1.807) is 6.26 Å². The quantitative estimate of drug-likeness (QED) is 0.858. The fraction of sp³-hybridized carbons (Fsp3) is 0.562. The first-order valence-electron chi connectivity index (χ1n) is 7.81. The van der Waals surface area contributed by atoms with Gasteiger partial charge in [0.25, 0.3) is 0 Å². The molecule has 1 saturated heterocycles. The Hall–Kier alpha value is -1.59. The van der Waals surface area contributed by atoms with Crippen molar-refractivity contribution >= 4 is 0 Å². The van der Waals surface area contributed by atoms with Crippen LogP contribution in [0.25, 0.3) is 0 Å². The summed E-state index contributed by atoms with van der Waals surface area (Å²) >= 11 is 0. The van der Waals surface area contributed by atoms with Crippen molar-refractivity contribution in [3.8, 4) is 0 Å². The molecule has 0 amide bonds. The maximum absolute atomic E-state index is 5.66. The number of piperidine rings is 1. The number of aromatic nitrogens is 2. The van der Waals surface area contributed by atoms with Crippen molar-refractivity contribution in [1.29, 1.82) is 0 Å². The van der Waals surface area contributed by atoms with Gasteiger partial charge in [0.15, 0.2) is 0 Å². The molecule has 1 aliphatic rings. The van der Waals surface area contributed by atoms with Gasteiger partial charge in [-0.15, -0.1) is 0 Å². The van der Waals surface area contributed by atoms with Crippen LogP contribution in [0.5, 0.6) is 0 Å². The first-order chi connectivity index (χ1) is 10.3. The molecule has 1 aliphatic heterocycles. The molecule has 0 unspecified atom stereocenters. The largest absolute Gasteiger partial charge is 0.468 e. The van der Waals surface area contributed by atoms with Crippen LogP contribution in [0.4, 0.5) is 0 Å². The second kappa shape index (κ2) is 6.91. The third kappa shape index (κ3) is 3.54. The average Bonchev–Trinajstić information content (AvgIpc) is 3.17. The van der Waals surface area contributed by atoms with Crippen molar-refractivity contribution in [3.05, 3.63) is 41.6 Å². The molecule has 3 rings (SSSR count). The predicted octanol–water partition coefficient (Wildman–Crippen LogP) is 2.63. The lowest BCUT2D eigenvalue weighted by molar-refractivity contribution is 0.142. The van der Waals surface area contributed by atoms with E-state index in [2.05, 4.69) is 33.4 Å². The minimum absolute atomic E-state index is 0.326. The van der Waals surface area contributed by atoms with Crippen molar-refractivity contribution in [3.63, 3.8) is 0 Å². The van der Waals surface area contributed by atoms with E-state index in [1.165, 1.54) is 24.8 Å². The fourth-order valence-electron chi connectivity index (χ4n) is 3.02. The molecule has 0 spiro atoms. The molecule has 1 atom stereocenters. The average molecular weight is 288 g/mol. The molecule has 5 nitrogen and oxygen atoms in total. The van der Waals surface area contributed by atoms with Crippen LogP contribution in [0.3, 0.4) is 0 Å². The highest BCUT2D eigenvalue weighted by atomic mass is 16.3. The molecule has 114 valence electrons. The van der Waals surface area contributed by atoms with E-state index >= 15 is 0 Å². The highest BCUT2D eigenvalue weighted by molar-refractivity contribution is 5.14. The van der Waals surface area contributed by atoms with Gasteiger partial charge < -0.3 is 9.73 Å². The van der Waals surface area contributed by atoms with E-state index in [-0.39, 0.29) is 0 Å². The van der Waals surface area contributed by atoms with Gasteiger partial charge in [-0.2, -0.15) is 5.10 Å². The first kappa shape index (κ1) is 14.4. The highest BCUT2D eigenvalue weighted by Crippen LogP contribution is 2.24. The first-order valence-corrected chi connectivity index (χ1v) is 7.81. The Morgan fingerprint density at radius 3 is 2.90 bits per heavy atom. The maximum atomic E-state index is 5.66. The summed E-state index contributed by atoms with van der Waals surface area (Å²) in [6.07, 6.45) is 7.59. The van der Waals surface area contributed by atoms with Gasteiger partial charge in [-0.05, 0) is 45.0 Å². The van der Waals surface area contributed by atoms with Gasteiger partial charge in [0.2, 0.25) is 0 Å². The number of nitrogens with zero attached hydrogens (tertiary/aromatic N) is 2. The van der Waals surface area contributed by atoms with Crippen LogP contribution in [-0.2, 0) is 6.54 Å². The van der Waals surface area contributed by atoms with E-state index < -0.39 is 0 Å². The summed E-state index contributed by atoms with van der Waals surface area (Å²) in [6, 6.07) is 4.39. The molecule has 2 N–H and O–H groups in total. The third-order valence-electron chi connectivity index (χ3n) is 4.29. The monoisotopic (exact) mass is 288 g/mol. The molecule has 0 bridgehead atoms. The van der Waals surface area contributed by atoms with Crippen LogP contribution in [-0.4, -0.2) is 34.7 Å². The van der Waals surface area contributed by atoms with Gasteiger partial charge in [-0.3, -0.25) is 10.00 Å². The normalized spacial score (nSPS) is 18.0. The van der Waals surface area contributed by atoms with Crippen LogP contribution in [0.1, 0.15) is 42.3 Å². The number of H-pyrrole nitrogens is 1. The Morgan fingerprint density at radius 1 is 1.38 bits per heavy atom. The lowest BCUT2D eigenvalue weighted by Crippen LogP contribution is -2.38. The topological polar surface area (TPSA) is 57.1 Å². The van der Waals surface area contributed by atoms with Gasteiger partial charge in [-0.1, -0.05) is 6.42 Å². The Bertz CT molecular complexity index is 528. The zero-order valence-corrected chi connectivity index (χ0v) is 12.6. The van der Waals surface area contributed by atoms with Gasteiger partial charge in [-0.25, -0.2) is 0 Å². The molecule has 0 radical (unpaired) electrons. The second-order valence-electron chi connectivity index (χ2n) is 5.78. The van der Waals surface area contributed by atoms with E-state index in [1.807, 2.05) is 12.3 Å². The fourth-order valence-corrected chi connectivity index (χ4v) is 3.02. The van der Waals surface area contributed by atoms with Gasteiger partial charge in [0.05, 0.1) is 18.5 Å². The molecule has 0 aliphatic carbocycles. The molecule has 0 aromatic carbocycles. The van der Waals surface area contributed by atoms with Crippen molar-refractivity contribution < 1.29 is 4.42 Å². The second-order valence-corrected chi connectivity index (χ2v) is 5.78. The summed E-state index contributed by atoms with van der Waals surface area (Å²) in [4.78, 5) is 2.54. The molecular weight excluding hydrogens is 264 g/mol. The zero-order valence-electron chi connectivity index (χ0n) is 12.6. The molecule has 21 heavy (non-hydrogen) atoms. The van der Waals surface area contributed by atoms with E-state index in [0.29, 0.717) is 6.04 Å². The number of furan rings is 1. The van der Waals surface area contributed by atoms with Crippen LogP contribution < -0.4 is 5.32 Å². The predicted molar refractivity (Wildman–Crippen MR) is 81.9 cm³/mol. The van der Waals surface area contributed by atoms with Crippen LogP contribution in [0.2, 0.25) is 0 Å². The van der Waals surface area contributed by atoms with Gasteiger partial charge in [0, 0.05) is 24.3 Å². The van der Waals surface area contributed by atoms with Crippen LogP contribution in [0, 0.1) is 6.92 Å². The standard InChI is InChI=1S/C16H24N4O/c1-13-14(11-18-19-13)10-17-12-15(16-6-5-9-21-16)20-7-3-2-4-8-20/h5-6,9,11,15,17H,2-4,7-8,10,12H2,1H3,(H,18,19)/t15-/m1/s1. The number of hydrogen-bond donors (Lipinski definition) is 2. The molecule has 2 aromatic rings. The SMILES string of the molecule is Cc1[nH]ncc1CNC[C@H](c1ccco1)N1CCCCC1. The molecule has 2 aromatic heterocycles. The summed E-state index contributed by atoms with van der Waals surface area (Å²) in [5.74, 6) is 1.06. The van der Waals surface area contributed by atoms with Gasteiger partial charge >= 0.3 is 0 Å². The molecule has 0 saturated carbocycles. The lowest BCUT2D eigenvalue weighted by Gasteiger charge is -2.33. The Kier molecular flexibility index (Phi) is 4.72. The van der Waals surface area contributed by atoms with Crippen molar-refractivity contribution in [2.24, 2.45) is 0 Å². The number of nitrogens with one attached hydrogen (secondary N) is 2. The summed E-state index contributed by atoms with van der Waals surface area (Å²) in [5.41, 5.74) is 2.36. The number of likely N-dealkylation sites (tertiary alicyclic amines) is 1. The smallest absolute Gasteiger partial charge is 0.122 e. The summed E-state index contributed by atoms with van der Waals surface area (Å²) in [6.45, 7) is 6.12. The number of hydrogen-bond acceptors (Lipinski definition) is 4. The number of aryl methyl sites for hydroxylation is 1. The molecule has 1 fully saturated rings. The summed E-state index contributed by atoms with van der Waals surface area (Å²) < 4.78 is 5.66. The van der Waals surface area contributed by atoms with Crippen molar-refractivity contribution in [2.45, 2.75) is 38.8 Å². The van der Waals surface area contributed by atoms with Crippen molar-refractivity contribution in [2.75, 3.05) is 19.6 Å². The lowest BCUT2D eigenvalue weighted by atomic mass is 10.1. The summed E-state index contributed by atoms with van der Waals surface area (Å²) in [7, 11) is 0. The minimum Gasteiger partial charge on any atom is -0.468 e. The molecule has 3 heterocycles. The number of rotatable bonds is 6. The van der Waals surface area contributed by atoms with Gasteiger partial charge in [0.1, 0.15) is 5.76 Å². The summed E-state index contributed by atoms with van der Waals surface area (Å²) in [5, 5.41) is 10.6. The highest BCUT2D eigenvalue weighted by Gasteiger charge is 2.24. The van der Waals surface area contributed by atoms with Crippen molar-refractivity contribution in [1.82, 2.24) is 20.4 Å². The Morgan fingerprint density at radius 2 is 2.24 bits per heavy atom.